The molecule has 8 nitrogen and oxygen atoms in total. The molecule has 1 aromatic rings. The van der Waals surface area contributed by atoms with E-state index < -0.39 is 10.3 Å². The fourth-order valence-electron chi connectivity index (χ4n) is 4.17. The summed E-state index contributed by atoms with van der Waals surface area (Å²) in [5.41, 5.74) is 0.0474. The van der Waals surface area contributed by atoms with Crippen molar-refractivity contribution in [3.05, 3.63) is 33.3 Å². The number of hydrogen-bond donors (Lipinski definition) is 0. The fourth-order valence-corrected chi connectivity index (χ4v) is 4.34. The van der Waals surface area contributed by atoms with Crippen molar-refractivity contribution in [3.8, 4) is 0 Å². The molecule has 0 aromatic heterocycles. The molecule has 2 saturated heterocycles. The van der Waals surface area contributed by atoms with Gasteiger partial charge in [0.25, 0.3) is 5.69 Å². The molecule has 1 atom stereocenters. The average Bonchev–Trinajstić information content (AvgIpc) is 2.72. The maximum Gasteiger partial charge on any atom is 0.294 e. The summed E-state index contributed by atoms with van der Waals surface area (Å²) >= 11 is 5.91. The van der Waals surface area contributed by atoms with Gasteiger partial charge < -0.3 is 14.7 Å². The summed E-state index contributed by atoms with van der Waals surface area (Å²) in [5, 5.41) is 11.7. The first-order chi connectivity index (χ1) is 14.1. The van der Waals surface area contributed by atoms with Crippen molar-refractivity contribution in [3.63, 3.8) is 0 Å². The van der Waals surface area contributed by atoms with Gasteiger partial charge in [-0.05, 0) is 25.0 Å². The van der Waals surface area contributed by atoms with Crippen LogP contribution in [0.2, 0.25) is 5.02 Å². The van der Waals surface area contributed by atoms with Crippen molar-refractivity contribution in [2.45, 2.75) is 33.6 Å². The molecule has 2 fully saturated rings. The first-order valence-electron chi connectivity index (χ1n) is 10.3. The van der Waals surface area contributed by atoms with E-state index >= 15 is 0 Å². The van der Waals surface area contributed by atoms with Gasteiger partial charge in [-0.3, -0.25) is 19.7 Å². The van der Waals surface area contributed by atoms with Gasteiger partial charge in [-0.2, -0.15) is 0 Å². The lowest BCUT2D eigenvalue weighted by molar-refractivity contribution is -0.384. The van der Waals surface area contributed by atoms with Gasteiger partial charge >= 0.3 is 0 Å². The number of anilines is 1. The summed E-state index contributed by atoms with van der Waals surface area (Å²) in [7, 11) is 0. The second-order valence-corrected chi connectivity index (χ2v) is 9.48. The summed E-state index contributed by atoms with van der Waals surface area (Å²) in [6.07, 6.45) is 1.62. The molecule has 3 rings (SSSR count). The van der Waals surface area contributed by atoms with Crippen molar-refractivity contribution >= 4 is 34.8 Å². The lowest BCUT2D eigenvalue weighted by Crippen LogP contribution is -2.54. The highest BCUT2D eigenvalue weighted by Gasteiger charge is 2.36. The van der Waals surface area contributed by atoms with E-state index in [1.54, 1.807) is 12.1 Å². The summed E-state index contributed by atoms with van der Waals surface area (Å²) in [4.78, 5) is 42.2. The second-order valence-electron chi connectivity index (χ2n) is 9.04. The van der Waals surface area contributed by atoms with Gasteiger partial charge in [-0.15, -0.1) is 0 Å². The zero-order valence-corrected chi connectivity index (χ0v) is 18.5. The maximum atomic E-state index is 13.1. The fraction of sp³-hybridized carbons (Fsp3) is 0.619. The Bertz CT molecular complexity index is 831. The van der Waals surface area contributed by atoms with E-state index in [1.165, 1.54) is 6.07 Å². The summed E-state index contributed by atoms with van der Waals surface area (Å²) in [5.74, 6) is -0.0204. The number of carbonyl (C=O) groups is 2. The first-order valence-corrected chi connectivity index (χ1v) is 10.7. The van der Waals surface area contributed by atoms with Gasteiger partial charge in [0.1, 0.15) is 5.69 Å². The Morgan fingerprint density at radius 1 is 1.10 bits per heavy atom. The molecule has 2 amide bonds. The minimum Gasteiger partial charge on any atom is -0.362 e. The molecule has 9 heteroatoms. The van der Waals surface area contributed by atoms with Crippen LogP contribution in [0.25, 0.3) is 0 Å². The van der Waals surface area contributed by atoms with Crippen molar-refractivity contribution < 1.29 is 14.5 Å². The van der Waals surface area contributed by atoms with Crippen molar-refractivity contribution in [1.82, 2.24) is 9.80 Å². The van der Waals surface area contributed by atoms with E-state index in [0.29, 0.717) is 50.0 Å². The molecule has 0 N–H and O–H groups in total. The van der Waals surface area contributed by atoms with Gasteiger partial charge in [-0.1, -0.05) is 32.4 Å². The number of amides is 2. The zero-order chi connectivity index (χ0) is 22.1. The van der Waals surface area contributed by atoms with Crippen LogP contribution in [0.15, 0.2) is 18.2 Å². The number of piperidine rings is 1. The minimum atomic E-state index is -0.455. The number of likely N-dealkylation sites (tertiary alicyclic amines) is 1. The van der Waals surface area contributed by atoms with Crippen LogP contribution in [0.1, 0.15) is 33.6 Å². The largest absolute Gasteiger partial charge is 0.362 e. The molecular formula is C21H29ClN4O4. The first kappa shape index (κ1) is 22.3. The molecule has 0 aliphatic carbocycles. The highest BCUT2D eigenvalue weighted by atomic mass is 35.5. The van der Waals surface area contributed by atoms with E-state index in [9.17, 15) is 19.7 Å². The van der Waals surface area contributed by atoms with Gasteiger partial charge in [0.15, 0.2) is 0 Å². The molecule has 0 spiro atoms. The molecule has 0 radical (unpaired) electrons. The molecule has 164 valence electrons. The van der Waals surface area contributed by atoms with E-state index in [0.717, 1.165) is 12.8 Å². The monoisotopic (exact) mass is 436 g/mol. The second kappa shape index (κ2) is 8.79. The number of nitrogens with zero attached hydrogens (tertiary/aromatic N) is 4. The number of nitro groups is 1. The predicted octanol–water partition coefficient (Wildman–Crippen LogP) is 3.18. The lowest BCUT2D eigenvalue weighted by atomic mass is 9.90. The third-order valence-electron chi connectivity index (χ3n) is 5.77. The third kappa shape index (κ3) is 4.86. The third-order valence-corrected chi connectivity index (χ3v) is 6.00. The topological polar surface area (TPSA) is 87.0 Å². The predicted molar refractivity (Wildman–Crippen MR) is 116 cm³/mol. The highest BCUT2D eigenvalue weighted by molar-refractivity contribution is 6.30. The smallest absolute Gasteiger partial charge is 0.294 e. The van der Waals surface area contributed by atoms with Crippen LogP contribution in [-0.2, 0) is 9.59 Å². The molecule has 30 heavy (non-hydrogen) atoms. The van der Waals surface area contributed by atoms with Crippen LogP contribution in [-0.4, -0.2) is 65.8 Å². The number of carbonyl (C=O) groups excluding carboxylic acids is 2. The Hall–Kier alpha value is -2.35. The minimum absolute atomic E-state index is 0.0223. The Morgan fingerprint density at radius 3 is 2.37 bits per heavy atom. The van der Waals surface area contributed by atoms with Crippen LogP contribution in [0.4, 0.5) is 11.4 Å². The summed E-state index contributed by atoms with van der Waals surface area (Å²) < 4.78 is 0. The zero-order valence-electron chi connectivity index (χ0n) is 17.8. The number of rotatable bonds is 3. The average molecular weight is 437 g/mol. The molecule has 2 aliphatic rings. The van der Waals surface area contributed by atoms with E-state index in [-0.39, 0.29) is 23.4 Å². The van der Waals surface area contributed by atoms with Gasteiger partial charge in [-0.25, -0.2) is 0 Å². The molecule has 1 aromatic carbocycles. The normalized spacial score (nSPS) is 20.3. The van der Waals surface area contributed by atoms with Crippen molar-refractivity contribution in [1.29, 1.82) is 0 Å². The van der Waals surface area contributed by atoms with Gasteiger partial charge in [0, 0.05) is 55.8 Å². The van der Waals surface area contributed by atoms with Crippen LogP contribution >= 0.6 is 11.6 Å². The number of halogens is 1. The Morgan fingerprint density at radius 2 is 1.77 bits per heavy atom. The van der Waals surface area contributed by atoms with Gasteiger partial charge in [0.2, 0.25) is 11.8 Å². The molecule has 0 bridgehead atoms. The number of nitro benzene ring substituents is 1. The van der Waals surface area contributed by atoms with Crippen molar-refractivity contribution in [2.24, 2.45) is 11.3 Å². The summed E-state index contributed by atoms with van der Waals surface area (Å²) in [6, 6.07) is 4.66. The number of hydrogen-bond acceptors (Lipinski definition) is 5. The van der Waals surface area contributed by atoms with Crippen LogP contribution in [0.3, 0.4) is 0 Å². The van der Waals surface area contributed by atoms with Gasteiger partial charge in [0.05, 0.1) is 10.8 Å². The molecule has 1 unspecified atom stereocenters. The maximum absolute atomic E-state index is 13.1. The summed E-state index contributed by atoms with van der Waals surface area (Å²) in [6.45, 7) is 8.91. The number of benzene rings is 1. The van der Waals surface area contributed by atoms with Crippen LogP contribution in [0.5, 0.6) is 0 Å². The quantitative estimate of drug-likeness (QED) is 0.536. The van der Waals surface area contributed by atoms with Crippen LogP contribution in [0, 0.1) is 21.4 Å². The van der Waals surface area contributed by atoms with E-state index in [4.69, 9.17) is 11.6 Å². The molecule has 2 aliphatic heterocycles. The SMILES string of the molecule is CC(C)(C)C(=O)N1CCCC(C(=O)N2CCN(c3ccc(Cl)cc3[N+](=O)[O-])CC2)C1. The molecular weight excluding hydrogens is 408 g/mol. The molecule has 2 heterocycles. The standard InChI is InChI=1S/C21H29ClN4O4/c1-21(2,3)20(28)25-8-4-5-15(14-25)19(27)24-11-9-23(10-12-24)17-7-6-16(22)13-18(17)26(29)30/h6-7,13,15H,4-5,8-12,14H2,1-3H3. The lowest BCUT2D eigenvalue weighted by Gasteiger charge is -2.40. The van der Waals surface area contributed by atoms with Crippen LogP contribution < -0.4 is 4.90 Å². The van der Waals surface area contributed by atoms with E-state index in [2.05, 4.69) is 0 Å². The van der Waals surface area contributed by atoms with Crippen molar-refractivity contribution in [2.75, 3.05) is 44.2 Å². The number of piperazine rings is 1. The Balaban J connectivity index is 1.62. The molecule has 0 saturated carbocycles. The Kier molecular flexibility index (Phi) is 6.55. The highest BCUT2D eigenvalue weighted by Crippen LogP contribution is 2.32. The van der Waals surface area contributed by atoms with E-state index in [1.807, 2.05) is 35.5 Å². The Labute approximate surface area is 181 Å².